The molecule has 1 aromatic carbocycles. The Morgan fingerprint density at radius 1 is 1.13 bits per heavy atom. The van der Waals surface area contributed by atoms with Gasteiger partial charge in [-0.25, -0.2) is 4.98 Å². The van der Waals surface area contributed by atoms with Crippen molar-refractivity contribution in [1.29, 1.82) is 0 Å². The fourth-order valence-electron chi connectivity index (χ4n) is 5.89. The van der Waals surface area contributed by atoms with Crippen LogP contribution in [0.4, 0.5) is 11.5 Å². The van der Waals surface area contributed by atoms with Crippen molar-refractivity contribution in [3.05, 3.63) is 58.9 Å². The summed E-state index contributed by atoms with van der Waals surface area (Å²) >= 11 is 0. The number of pyridine rings is 1. The second-order valence-corrected chi connectivity index (χ2v) is 11.8. The van der Waals surface area contributed by atoms with E-state index < -0.39 is 0 Å². The molecule has 0 aliphatic carbocycles. The van der Waals surface area contributed by atoms with Crippen molar-refractivity contribution in [2.24, 2.45) is 0 Å². The van der Waals surface area contributed by atoms with Gasteiger partial charge in [-0.2, -0.15) is 5.10 Å². The SMILES string of the molecule is CCCCNc1cccc(CCN2CCN(C(=O)c3cc(-c4c(C=O)cnn4C(C)CCCOCC)c(NC)cc3C)CC2)n1. The van der Waals surface area contributed by atoms with Crippen LogP contribution >= 0.6 is 0 Å². The number of carbonyl (C=O) groups excluding carboxylic acids is 2. The number of unbranched alkanes of at least 4 members (excludes halogenated alkanes) is 1. The van der Waals surface area contributed by atoms with E-state index >= 15 is 0 Å². The number of amides is 1. The molecule has 10 nitrogen and oxygen atoms in total. The third-order valence-electron chi connectivity index (χ3n) is 8.59. The van der Waals surface area contributed by atoms with E-state index in [1.54, 1.807) is 6.20 Å². The molecule has 45 heavy (non-hydrogen) atoms. The van der Waals surface area contributed by atoms with Gasteiger partial charge in [0.1, 0.15) is 5.82 Å². The van der Waals surface area contributed by atoms with Crippen LogP contribution in [0.25, 0.3) is 11.3 Å². The third-order valence-corrected chi connectivity index (χ3v) is 8.59. The molecule has 10 heteroatoms. The number of aromatic nitrogens is 3. The van der Waals surface area contributed by atoms with Crippen LogP contribution in [0, 0.1) is 6.92 Å². The van der Waals surface area contributed by atoms with Gasteiger partial charge in [0, 0.05) is 94.5 Å². The summed E-state index contributed by atoms with van der Waals surface area (Å²) in [6.07, 6.45) is 7.39. The highest BCUT2D eigenvalue weighted by Crippen LogP contribution is 2.35. The van der Waals surface area contributed by atoms with Crippen LogP contribution in [0.5, 0.6) is 0 Å². The Balaban J connectivity index is 1.44. The van der Waals surface area contributed by atoms with Crippen molar-refractivity contribution in [2.75, 3.05) is 70.2 Å². The van der Waals surface area contributed by atoms with Crippen molar-refractivity contribution in [3.8, 4) is 11.3 Å². The quantitative estimate of drug-likeness (QED) is 0.147. The maximum atomic E-state index is 13.9. The van der Waals surface area contributed by atoms with Gasteiger partial charge in [-0.3, -0.25) is 19.2 Å². The standard InChI is InChI=1S/C35H51N7O3/c1-6-8-15-37-33-13-9-12-29(39-33)14-16-40-17-19-41(20-18-40)35(44)30-23-31(32(36-5)22-26(30)3)34-28(25-43)24-38-42(34)27(4)11-10-21-45-7-2/h9,12-13,22-25,27,36H,6-8,10-11,14-21H2,1-5H3,(H,37,39). The van der Waals surface area contributed by atoms with E-state index in [-0.39, 0.29) is 11.9 Å². The maximum Gasteiger partial charge on any atom is 0.254 e. The van der Waals surface area contributed by atoms with Crippen molar-refractivity contribution >= 4 is 23.7 Å². The lowest BCUT2D eigenvalue weighted by Gasteiger charge is -2.35. The molecular formula is C35H51N7O3. The molecule has 1 atom stereocenters. The van der Waals surface area contributed by atoms with Gasteiger partial charge in [-0.15, -0.1) is 0 Å². The average molecular weight is 618 g/mol. The molecule has 0 saturated carbocycles. The molecule has 3 heterocycles. The van der Waals surface area contributed by atoms with E-state index in [1.807, 2.05) is 48.7 Å². The fourth-order valence-corrected chi connectivity index (χ4v) is 5.89. The Bertz CT molecular complexity index is 1400. The summed E-state index contributed by atoms with van der Waals surface area (Å²) in [6.45, 7) is 14.5. The Labute approximate surface area is 268 Å². The molecule has 1 unspecified atom stereocenters. The first-order valence-corrected chi connectivity index (χ1v) is 16.5. The monoisotopic (exact) mass is 617 g/mol. The van der Waals surface area contributed by atoms with E-state index in [2.05, 4.69) is 46.6 Å². The summed E-state index contributed by atoms with van der Waals surface area (Å²) in [6, 6.07) is 10.2. The Hall–Kier alpha value is -3.76. The number of rotatable bonds is 17. The van der Waals surface area contributed by atoms with Gasteiger partial charge in [0.05, 0.1) is 17.5 Å². The third kappa shape index (κ3) is 8.92. The van der Waals surface area contributed by atoms with Crippen LogP contribution in [0.1, 0.15) is 84.5 Å². The van der Waals surface area contributed by atoms with Gasteiger partial charge in [0.15, 0.2) is 6.29 Å². The van der Waals surface area contributed by atoms with Crippen molar-refractivity contribution in [2.45, 2.75) is 65.8 Å². The Kier molecular flexibility index (Phi) is 12.9. The van der Waals surface area contributed by atoms with E-state index in [0.29, 0.717) is 37.4 Å². The highest BCUT2D eigenvalue weighted by atomic mass is 16.5. The molecule has 2 aromatic heterocycles. The second-order valence-electron chi connectivity index (χ2n) is 11.8. The normalized spacial score (nSPS) is 14.4. The smallest absolute Gasteiger partial charge is 0.254 e. The van der Waals surface area contributed by atoms with Crippen molar-refractivity contribution < 1.29 is 14.3 Å². The Morgan fingerprint density at radius 2 is 1.93 bits per heavy atom. The number of nitrogens with one attached hydrogen (secondary N) is 2. The largest absolute Gasteiger partial charge is 0.388 e. The lowest BCUT2D eigenvalue weighted by atomic mass is 9.97. The second kappa shape index (κ2) is 17.1. The lowest BCUT2D eigenvalue weighted by Crippen LogP contribution is -2.49. The first-order valence-electron chi connectivity index (χ1n) is 16.5. The number of piperazine rings is 1. The fraction of sp³-hybridized carbons (Fsp3) is 0.543. The molecule has 244 valence electrons. The molecule has 1 aliphatic heterocycles. The minimum Gasteiger partial charge on any atom is -0.388 e. The van der Waals surface area contributed by atoms with Gasteiger partial charge in [-0.1, -0.05) is 19.4 Å². The van der Waals surface area contributed by atoms with Crippen molar-refractivity contribution in [1.82, 2.24) is 24.6 Å². The van der Waals surface area contributed by atoms with Gasteiger partial charge >= 0.3 is 0 Å². The summed E-state index contributed by atoms with van der Waals surface area (Å²) in [5, 5.41) is 11.3. The van der Waals surface area contributed by atoms with Crippen LogP contribution < -0.4 is 10.6 Å². The molecule has 1 saturated heterocycles. The average Bonchev–Trinajstić information content (AvgIpc) is 3.50. The lowest BCUT2D eigenvalue weighted by molar-refractivity contribution is 0.0637. The molecule has 4 rings (SSSR count). The number of carbonyl (C=O) groups is 2. The van der Waals surface area contributed by atoms with Crippen LogP contribution in [-0.2, 0) is 11.2 Å². The topological polar surface area (TPSA) is 105 Å². The number of nitrogens with zero attached hydrogens (tertiary/aromatic N) is 5. The molecule has 1 amide bonds. The Morgan fingerprint density at radius 3 is 2.64 bits per heavy atom. The molecular weight excluding hydrogens is 566 g/mol. The number of hydrogen-bond acceptors (Lipinski definition) is 8. The molecule has 1 aliphatic rings. The summed E-state index contributed by atoms with van der Waals surface area (Å²) in [4.78, 5) is 35.2. The number of ether oxygens (including phenoxy) is 1. The minimum atomic E-state index is 0.0204. The summed E-state index contributed by atoms with van der Waals surface area (Å²) < 4.78 is 7.44. The predicted octanol–water partition coefficient (Wildman–Crippen LogP) is 5.70. The summed E-state index contributed by atoms with van der Waals surface area (Å²) in [5.74, 6) is 0.960. The maximum absolute atomic E-state index is 13.9. The van der Waals surface area contributed by atoms with Crippen LogP contribution in [0.15, 0.2) is 36.5 Å². The number of hydrogen-bond donors (Lipinski definition) is 2. The highest BCUT2D eigenvalue weighted by Gasteiger charge is 2.26. The number of aldehydes is 1. The summed E-state index contributed by atoms with van der Waals surface area (Å²) in [7, 11) is 1.86. The van der Waals surface area contributed by atoms with E-state index in [4.69, 9.17) is 9.72 Å². The summed E-state index contributed by atoms with van der Waals surface area (Å²) in [5.41, 5.74) is 5.55. The van der Waals surface area contributed by atoms with Gasteiger partial charge < -0.3 is 20.3 Å². The number of benzene rings is 1. The van der Waals surface area contributed by atoms with Crippen LogP contribution in [0.2, 0.25) is 0 Å². The zero-order valence-electron chi connectivity index (χ0n) is 27.8. The zero-order chi connectivity index (χ0) is 32.2. The van der Waals surface area contributed by atoms with Crippen LogP contribution in [0.3, 0.4) is 0 Å². The van der Waals surface area contributed by atoms with Gasteiger partial charge in [-0.05, 0) is 69.9 Å². The molecule has 0 spiro atoms. The van der Waals surface area contributed by atoms with Crippen LogP contribution in [-0.4, -0.2) is 96.3 Å². The molecule has 1 fully saturated rings. The molecule has 0 bridgehead atoms. The molecule has 3 aromatic rings. The van der Waals surface area contributed by atoms with Crippen molar-refractivity contribution in [3.63, 3.8) is 0 Å². The van der Waals surface area contributed by atoms with Gasteiger partial charge in [0.25, 0.3) is 5.91 Å². The number of aryl methyl sites for hydroxylation is 1. The zero-order valence-corrected chi connectivity index (χ0v) is 27.8. The van der Waals surface area contributed by atoms with E-state index in [9.17, 15) is 9.59 Å². The highest BCUT2D eigenvalue weighted by molar-refractivity contribution is 6.00. The molecule has 0 radical (unpaired) electrons. The molecule has 2 N–H and O–H groups in total. The van der Waals surface area contributed by atoms with E-state index in [0.717, 1.165) is 98.6 Å². The van der Waals surface area contributed by atoms with E-state index in [1.165, 1.54) is 0 Å². The van der Waals surface area contributed by atoms with Gasteiger partial charge in [0.2, 0.25) is 0 Å². The first kappa shape index (κ1) is 34.1. The predicted molar refractivity (Wildman–Crippen MR) is 181 cm³/mol. The number of anilines is 2. The minimum absolute atomic E-state index is 0.0204. The first-order chi connectivity index (χ1) is 21.9.